The van der Waals surface area contributed by atoms with Crippen LogP contribution < -0.4 is 4.74 Å². The van der Waals surface area contributed by atoms with E-state index in [-0.39, 0.29) is 23.0 Å². The number of carbonyl (C=O) groups is 1. The Hall–Kier alpha value is -2.49. The molecule has 0 spiro atoms. The molecule has 4 nitrogen and oxygen atoms in total. The van der Waals surface area contributed by atoms with Crippen molar-refractivity contribution < 1.29 is 19.7 Å². The van der Waals surface area contributed by atoms with Crippen LogP contribution in [0.25, 0.3) is 0 Å². The van der Waals surface area contributed by atoms with Crippen LogP contribution in [0.4, 0.5) is 0 Å². The Bertz CT molecular complexity index is 639. The summed E-state index contributed by atoms with van der Waals surface area (Å²) < 4.78 is 5.03. The summed E-state index contributed by atoms with van der Waals surface area (Å²) in [7, 11) is 1.44. The molecule has 0 aromatic heterocycles. The zero-order valence-corrected chi connectivity index (χ0v) is 12.0. The fourth-order valence-corrected chi connectivity index (χ4v) is 2.22. The maximum atomic E-state index is 12.2. The van der Waals surface area contributed by atoms with Gasteiger partial charge in [-0.05, 0) is 25.3 Å². The number of ether oxygens (including phenoxy) is 1. The van der Waals surface area contributed by atoms with Crippen LogP contribution >= 0.6 is 0 Å². The van der Waals surface area contributed by atoms with Gasteiger partial charge in [0.05, 0.1) is 7.11 Å². The minimum atomic E-state index is -0.432. The van der Waals surface area contributed by atoms with Gasteiger partial charge in [0.1, 0.15) is 22.8 Å². The minimum absolute atomic E-state index is 0.0973. The summed E-state index contributed by atoms with van der Waals surface area (Å²) in [6.07, 6.45) is 11.9. The Morgan fingerprint density at radius 3 is 2.76 bits per heavy atom. The largest absolute Gasteiger partial charge is 0.507 e. The SMILES string of the molecule is COc1cc(O)c(C(=O)C=CC2C=CC=CC2)c(O)c1C. The Labute approximate surface area is 123 Å². The number of benzene rings is 1. The standard InChI is InChI=1S/C17H18O4/c1-11-15(21-2)10-14(19)16(17(11)20)13(18)9-8-12-6-4-3-5-7-12/h3-6,8-10,12,19-20H,7H2,1-2H3. The first-order valence-corrected chi connectivity index (χ1v) is 6.70. The number of hydrogen-bond acceptors (Lipinski definition) is 4. The van der Waals surface area contributed by atoms with E-state index in [9.17, 15) is 15.0 Å². The molecule has 1 aromatic rings. The highest BCUT2D eigenvalue weighted by Crippen LogP contribution is 2.37. The lowest BCUT2D eigenvalue weighted by Crippen LogP contribution is -2.01. The van der Waals surface area contributed by atoms with Crippen molar-refractivity contribution in [3.05, 3.63) is 53.6 Å². The quantitative estimate of drug-likeness (QED) is 0.658. The average Bonchev–Trinajstić information content (AvgIpc) is 2.50. The zero-order valence-electron chi connectivity index (χ0n) is 12.0. The summed E-state index contributed by atoms with van der Waals surface area (Å²) in [6.45, 7) is 1.63. The number of methoxy groups -OCH3 is 1. The second kappa shape index (κ2) is 6.31. The van der Waals surface area contributed by atoms with Crippen molar-refractivity contribution in [2.45, 2.75) is 13.3 Å². The first-order valence-electron chi connectivity index (χ1n) is 6.70. The predicted octanol–water partition coefficient (Wildman–Crippen LogP) is 3.29. The molecule has 0 amide bonds. The molecular weight excluding hydrogens is 268 g/mol. The molecule has 21 heavy (non-hydrogen) atoms. The highest BCUT2D eigenvalue weighted by Gasteiger charge is 2.19. The zero-order chi connectivity index (χ0) is 15.4. The third kappa shape index (κ3) is 3.16. The highest BCUT2D eigenvalue weighted by molar-refractivity contribution is 6.09. The average molecular weight is 286 g/mol. The number of allylic oxidation sites excluding steroid dienone is 6. The molecule has 4 heteroatoms. The molecule has 2 rings (SSSR count). The predicted molar refractivity (Wildman–Crippen MR) is 80.9 cm³/mol. The molecule has 110 valence electrons. The molecule has 0 fully saturated rings. The van der Waals surface area contributed by atoms with Crippen molar-refractivity contribution in [1.29, 1.82) is 0 Å². The summed E-state index contributed by atoms with van der Waals surface area (Å²) in [5, 5.41) is 20.0. The maximum Gasteiger partial charge on any atom is 0.193 e. The molecule has 0 heterocycles. The summed E-state index contributed by atoms with van der Waals surface area (Å²) >= 11 is 0. The van der Waals surface area contributed by atoms with Gasteiger partial charge in [0.15, 0.2) is 5.78 Å². The maximum absolute atomic E-state index is 12.2. The van der Waals surface area contributed by atoms with E-state index < -0.39 is 5.78 Å². The van der Waals surface area contributed by atoms with E-state index in [0.29, 0.717) is 11.3 Å². The van der Waals surface area contributed by atoms with Crippen LogP contribution in [0.15, 0.2) is 42.5 Å². The molecular formula is C17H18O4. The van der Waals surface area contributed by atoms with Crippen LogP contribution in [0.1, 0.15) is 22.3 Å². The summed E-state index contributed by atoms with van der Waals surface area (Å²) in [6, 6.07) is 1.33. The van der Waals surface area contributed by atoms with E-state index in [1.54, 1.807) is 13.0 Å². The molecule has 1 aromatic carbocycles. The van der Waals surface area contributed by atoms with Crippen LogP contribution in [0.2, 0.25) is 0 Å². The number of aromatic hydroxyl groups is 2. The van der Waals surface area contributed by atoms with Crippen molar-refractivity contribution >= 4 is 5.78 Å². The molecule has 0 saturated heterocycles. The third-order valence-electron chi connectivity index (χ3n) is 3.46. The molecule has 1 atom stereocenters. The molecule has 0 saturated carbocycles. The Kier molecular flexibility index (Phi) is 4.48. The van der Waals surface area contributed by atoms with Gasteiger partial charge in [0.2, 0.25) is 0 Å². The van der Waals surface area contributed by atoms with E-state index in [0.717, 1.165) is 6.42 Å². The lowest BCUT2D eigenvalue weighted by Gasteiger charge is -2.12. The minimum Gasteiger partial charge on any atom is -0.507 e. The third-order valence-corrected chi connectivity index (χ3v) is 3.46. The highest BCUT2D eigenvalue weighted by atomic mass is 16.5. The lowest BCUT2D eigenvalue weighted by atomic mass is 9.98. The molecule has 1 aliphatic rings. The lowest BCUT2D eigenvalue weighted by molar-refractivity contribution is 0.104. The van der Waals surface area contributed by atoms with Crippen LogP contribution in [-0.4, -0.2) is 23.1 Å². The number of rotatable bonds is 4. The summed E-state index contributed by atoms with van der Waals surface area (Å²) in [5.41, 5.74) is 0.326. The van der Waals surface area contributed by atoms with E-state index in [1.807, 2.05) is 24.3 Å². The van der Waals surface area contributed by atoms with Gasteiger partial charge < -0.3 is 14.9 Å². The van der Waals surface area contributed by atoms with Crippen molar-refractivity contribution in [1.82, 2.24) is 0 Å². The van der Waals surface area contributed by atoms with Gasteiger partial charge in [-0.25, -0.2) is 0 Å². The van der Waals surface area contributed by atoms with Crippen molar-refractivity contribution in [3.63, 3.8) is 0 Å². The van der Waals surface area contributed by atoms with Crippen LogP contribution in [0.5, 0.6) is 17.2 Å². The first kappa shape index (κ1) is 14.9. The topological polar surface area (TPSA) is 66.8 Å². The van der Waals surface area contributed by atoms with Crippen LogP contribution in [-0.2, 0) is 0 Å². The van der Waals surface area contributed by atoms with Gasteiger partial charge in [0.25, 0.3) is 0 Å². The molecule has 0 aliphatic heterocycles. The smallest absolute Gasteiger partial charge is 0.193 e. The number of phenols is 2. The number of carbonyl (C=O) groups excluding carboxylic acids is 1. The first-order chi connectivity index (χ1) is 10.0. The van der Waals surface area contributed by atoms with Crippen molar-refractivity contribution in [2.24, 2.45) is 5.92 Å². The molecule has 0 radical (unpaired) electrons. The fraction of sp³-hybridized carbons (Fsp3) is 0.235. The fourth-order valence-electron chi connectivity index (χ4n) is 2.22. The second-order valence-electron chi connectivity index (χ2n) is 4.88. The Balaban J connectivity index is 2.27. The second-order valence-corrected chi connectivity index (χ2v) is 4.88. The molecule has 2 N–H and O–H groups in total. The van der Waals surface area contributed by atoms with Crippen LogP contribution in [0, 0.1) is 12.8 Å². The summed E-state index contributed by atoms with van der Waals surface area (Å²) in [4.78, 5) is 12.2. The van der Waals surface area contributed by atoms with Crippen molar-refractivity contribution in [2.75, 3.05) is 7.11 Å². The number of hydrogen-bond donors (Lipinski definition) is 2. The molecule has 0 bridgehead atoms. The molecule has 1 aliphatic carbocycles. The van der Waals surface area contributed by atoms with Gasteiger partial charge in [0, 0.05) is 11.6 Å². The van der Waals surface area contributed by atoms with E-state index >= 15 is 0 Å². The number of phenolic OH excluding ortho intramolecular Hbond substituents is 2. The van der Waals surface area contributed by atoms with E-state index in [4.69, 9.17) is 4.74 Å². The Morgan fingerprint density at radius 1 is 1.38 bits per heavy atom. The van der Waals surface area contributed by atoms with Gasteiger partial charge in [-0.3, -0.25) is 4.79 Å². The monoisotopic (exact) mass is 286 g/mol. The van der Waals surface area contributed by atoms with E-state index in [1.165, 1.54) is 19.3 Å². The molecule has 1 unspecified atom stereocenters. The van der Waals surface area contributed by atoms with Gasteiger partial charge >= 0.3 is 0 Å². The Morgan fingerprint density at radius 2 is 2.14 bits per heavy atom. The summed E-state index contributed by atoms with van der Waals surface area (Å²) in [5.74, 6) is -0.476. The van der Waals surface area contributed by atoms with Gasteiger partial charge in [-0.1, -0.05) is 30.4 Å². The van der Waals surface area contributed by atoms with Gasteiger partial charge in [-0.2, -0.15) is 0 Å². The number of ketones is 1. The normalized spacial score (nSPS) is 17.3. The van der Waals surface area contributed by atoms with Gasteiger partial charge in [-0.15, -0.1) is 0 Å². The van der Waals surface area contributed by atoms with E-state index in [2.05, 4.69) is 0 Å². The van der Waals surface area contributed by atoms with Crippen molar-refractivity contribution in [3.8, 4) is 17.2 Å². The van der Waals surface area contributed by atoms with Crippen LogP contribution in [0.3, 0.4) is 0 Å².